The summed E-state index contributed by atoms with van der Waals surface area (Å²) in [5.74, 6) is 0.709. The first kappa shape index (κ1) is 18.5. The molecule has 1 aliphatic carbocycles. The molecule has 0 aromatic heterocycles. The third-order valence-electron chi connectivity index (χ3n) is 4.68. The van der Waals surface area contributed by atoms with Crippen molar-refractivity contribution in [3.63, 3.8) is 0 Å². The Balaban J connectivity index is 1.74. The van der Waals surface area contributed by atoms with Gasteiger partial charge in [-0.25, -0.2) is 0 Å². The van der Waals surface area contributed by atoms with Gasteiger partial charge in [-0.2, -0.15) is 0 Å². The summed E-state index contributed by atoms with van der Waals surface area (Å²) in [6, 6.07) is 8.51. The van der Waals surface area contributed by atoms with Gasteiger partial charge in [-0.3, -0.25) is 9.59 Å². The van der Waals surface area contributed by atoms with E-state index in [1.54, 1.807) is 0 Å². The molecule has 1 aromatic rings. The molecule has 0 heterocycles. The summed E-state index contributed by atoms with van der Waals surface area (Å²) in [6.45, 7) is 5.10. The molecule has 0 aliphatic heterocycles. The number of carbonyl (C=O) groups is 2. The molecular weight excluding hydrogens is 302 g/mol. The van der Waals surface area contributed by atoms with Crippen LogP contribution in [0.1, 0.15) is 36.9 Å². The second-order valence-corrected chi connectivity index (χ2v) is 7.05. The smallest absolute Gasteiger partial charge is 0.223 e. The molecule has 5 heteroatoms. The van der Waals surface area contributed by atoms with E-state index in [0.29, 0.717) is 25.4 Å². The van der Waals surface area contributed by atoms with Crippen molar-refractivity contribution in [2.24, 2.45) is 11.8 Å². The number of carbonyl (C=O) groups excluding carboxylic acids is 2. The Hall–Kier alpha value is -1.88. The molecule has 0 unspecified atom stereocenters. The van der Waals surface area contributed by atoms with Crippen molar-refractivity contribution in [2.75, 3.05) is 27.2 Å². The Morgan fingerprint density at radius 1 is 1.21 bits per heavy atom. The minimum Gasteiger partial charge on any atom is -0.355 e. The molecule has 0 spiro atoms. The first-order valence-corrected chi connectivity index (χ1v) is 8.66. The van der Waals surface area contributed by atoms with Crippen LogP contribution in [0.3, 0.4) is 0 Å². The van der Waals surface area contributed by atoms with Crippen LogP contribution >= 0.6 is 0 Å². The second kappa shape index (κ2) is 8.29. The van der Waals surface area contributed by atoms with Gasteiger partial charge in [-0.05, 0) is 38.9 Å². The number of aryl methyl sites for hydroxylation is 1. The van der Waals surface area contributed by atoms with E-state index in [9.17, 15) is 9.59 Å². The lowest BCUT2D eigenvalue weighted by molar-refractivity contribution is -0.123. The van der Waals surface area contributed by atoms with Crippen LogP contribution in [0.25, 0.3) is 0 Å². The number of rotatable bonds is 8. The molecule has 1 saturated carbocycles. The third kappa shape index (κ3) is 5.34. The average molecular weight is 331 g/mol. The van der Waals surface area contributed by atoms with Crippen LogP contribution in [-0.2, 0) is 9.59 Å². The number of nitrogens with zero attached hydrogens (tertiary/aromatic N) is 1. The standard InChI is InChI=1S/C19H29N3O2/c1-13-5-7-15(8-6-13)17(22(3)4)12-21-18(23)9-10-20-19(24)16-11-14(16)2/h5-8,14,16-17H,9-12H2,1-4H3,(H,20,24)(H,21,23)/t14-,16+,17-/m0/s1. The third-order valence-corrected chi connectivity index (χ3v) is 4.68. The van der Waals surface area contributed by atoms with E-state index in [1.165, 1.54) is 11.1 Å². The summed E-state index contributed by atoms with van der Waals surface area (Å²) in [7, 11) is 4.02. The molecule has 132 valence electrons. The zero-order valence-electron chi connectivity index (χ0n) is 15.1. The lowest BCUT2D eigenvalue weighted by atomic mass is 10.0. The number of benzene rings is 1. The molecule has 5 nitrogen and oxygen atoms in total. The van der Waals surface area contributed by atoms with Crippen molar-refractivity contribution in [1.82, 2.24) is 15.5 Å². The van der Waals surface area contributed by atoms with Crippen LogP contribution < -0.4 is 10.6 Å². The Morgan fingerprint density at radius 2 is 1.83 bits per heavy atom. The van der Waals surface area contributed by atoms with E-state index in [0.717, 1.165) is 6.42 Å². The number of nitrogens with one attached hydrogen (secondary N) is 2. The minimum atomic E-state index is -0.0295. The van der Waals surface area contributed by atoms with Crippen molar-refractivity contribution in [2.45, 2.75) is 32.7 Å². The minimum absolute atomic E-state index is 0.0295. The maximum Gasteiger partial charge on any atom is 0.223 e. The van der Waals surface area contributed by atoms with Gasteiger partial charge in [-0.15, -0.1) is 0 Å². The normalized spacial score (nSPS) is 20.5. The van der Waals surface area contributed by atoms with E-state index in [4.69, 9.17) is 0 Å². The fourth-order valence-electron chi connectivity index (χ4n) is 2.80. The van der Waals surface area contributed by atoms with E-state index in [1.807, 2.05) is 14.1 Å². The summed E-state index contributed by atoms with van der Waals surface area (Å²) in [5.41, 5.74) is 2.41. The van der Waals surface area contributed by atoms with Crippen LogP contribution in [0.15, 0.2) is 24.3 Å². The van der Waals surface area contributed by atoms with Crippen LogP contribution in [0.5, 0.6) is 0 Å². The average Bonchev–Trinajstić information content (AvgIpc) is 3.26. The molecule has 1 aliphatic rings. The first-order valence-electron chi connectivity index (χ1n) is 8.66. The van der Waals surface area contributed by atoms with Gasteiger partial charge < -0.3 is 15.5 Å². The molecule has 24 heavy (non-hydrogen) atoms. The quantitative estimate of drug-likeness (QED) is 0.764. The lowest BCUT2D eigenvalue weighted by Gasteiger charge is -2.25. The molecule has 0 bridgehead atoms. The van der Waals surface area contributed by atoms with Gasteiger partial charge in [0, 0.05) is 25.4 Å². The fourth-order valence-corrected chi connectivity index (χ4v) is 2.80. The molecular formula is C19H29N3O2. The van der Waals surface area contributed by atoms with E-state index < -0.39 is 0 Å². The summed E-state index contributed by atoms with van der Waals surface area (Å²) in [6.07, 6.45) is 1.29. The van der Waals surface area contributed by atoms with Gasteiger partial charge in [0.05, 0.1) is 6.04 Å². The van der Waals surface area contributed by atoms with Gasteiger partial charge in [0.15, 0.2) is 0 Å². The van der Waals surface area contributed by atoms with Crippen LogP contribution in [0.4, 0.5) is 0 Å². The molecule has 1 fully saturated rings. The summed E-state index contributed by atoms with van der Waals surface area (Å²) in [5, 5.41) is 5.82. The first-order chi connectivity index (χ1) is 11.4. The van der Waals surface area contributed by atoms with Gasteiger partial charge in [-0.1, -0.05) is 36.8 Å². The molecule has 3 atom stereocenters. The van der Waals surface area contributed by atoms with Gasteiger partial charge in [0.25, 0.3) is 0 Å². The predicted molar refractivity (Wildman–Crippen MR) is 95.5 cm³/mol. The molecule has 1 aromatic carbocycles. The maximum atomic E-state index is 12.0. The molecule has 2 rings (SSSR count). The molecule has 0 radical (unpaired) electrons. The molecule has 2 amide bonds. The second-order valence-electron chi connectivity index (χ2n) is 7.05. The zero-order valence-corrected chi connectivity index (χ0v) is 15.1. The van der Waals surface area contributed by atoms with E-state index >= 15 is 0 Å². The van der Waals surface area contributed by atoms with Crippen molar-refractivity contribution < 1.29 is 9.59 Å². The number of amides is 2. The monoisotopic (exact) mass is 331 g/mol. The van der Waals surface area contributed by atoms with E-state index in [2.05, 4.69) is 53.6 Å². The Bertz CT molecular complexity index is 568. The summed E-state index contributed by atoms with van der Waals surface area (Å²) < 4.78 is 0. The van der Waals surface area contributed by atoms with Gasteiger partial charge >= 0.3 is 0 Å². The van der Waals surface area contributed by atoms with E-state index in [-0.39, 0.29) is 23.8 Å². The Morgan fingerprint density at radius 3 is 2.38 bits per heavy atom. The van der Waals surface area contributed by atoms with Crippen molar-refractivity contribution in [3.05, 3.63) is 35.4 Å². The number of hydrogen-bond donors (Lipinski definition) is 2. The van der Waals surface area contributed by atoms with Crippen LogP contribution in [-0.4, -0.2) is 43.9 Å². The predicted octanol–water partition coefficient (Wildman–Crippen LogP) is 1.88. The summed E-state index contributed by atoms with van der Waals surface area (Å²) >= 11 is 0. The van der Waals surface area contributed by atoms with Crippen LogP contribution in [0, 0.1) is 18.8 Å². The van der Waals surface area contributed by atoms with Gasteiger partial charge in [0.1, 0.15) is 0 Å². The lowest BCUT2D eigenvalue weighted by Crippen LogP contribution is -2.36. The zero-order chi connectivity index (χ0) is 17.7. The van der Waals surface area contributed by atoms with Crippen LogP contribution in [0.2, 0.25) is 0 Å². The largest absolute Gasteiger partial charge is 0.355 e. The SMILES string of the molecule is Cc1ccc([C@H](CNC(=O)CCNC(=O)[C@@H]2C[C@@H]2C)N(C)C)cc1. The highest BCUT2D eigenvalue weighted by atomic mass is 16.2. The highest BCUT2D eigenvalue weighted by Gasteiger charge is 2.38. The fraction of sp³-hybridized carbons (Fsp3) is 0.579. The highest BCUT2D eigenvalue weighted by molar-refractivity contribution is 5.82. The maximum absolute atomic E-state index is 12.0. The number of hydrogen-bond acceptors (Lipinski definition) is 3. The summed E-state index contributed by atoms with van der Waals surface area (Å²) in [4.78, 5) is 25.8. The highest BCUT2D eigenvalue weighted by Crippen LogP contribution is 2.37. The number of likely N-dealkylation sites (N-methyl/N-ethyl adjacent to an activating group) is 1. The Labute approximate surface area is 144 Å². The molecule has 2 N–H and O–H groups in total. The van der Waals surface area contributed by atoms with Gasteiger partial charge in [0.2, 0.25) is 11.8 Å². The van der Waals surface area contributed by atoms with Crippen molar-refractivity contribution in [3.8, 4) is 0 Å². The van der Waals surface area contributed by atoms with Crippen molar-refractivity contribution in [1.29, 1.82) is 0 Å². The topological polar surface area (TPSA) is 61.4 Å². The molecule has 0 saturated heterocycles. The van der Waals surface area contributed by atoms with Crippen molar-refractivity contribution >= 4 is 11.8 Å². The Kier molecular flexibility index (Phi) is 6.37.